The second kappa shape index (κ2) is 11.2. The quantitative estimate of drug-likeness (QED) is 0.583. The summed E-state index contributed by atoms with van der Waals surface area (Å²) in [6.07, 6.45) is 0.770. The van der Waals surface area contributed by atoms with Gasteiger partial charge < -0.3 is 15.5 Å². The molecule has 1 aromatic carbocycles. The fourth-order valence-corrected chi connectivity index (χ4v) is 3.89. The van der Waals surface area contributed by atoms with Crippen LogP contribution in [0.15, 0.2) is 35.7 Å². The third-order valence-corrected chi connectivity index (χ3v) is 5.58. The van der Waals surface area contributed by atoms with E-state index in [0.717, 1.165) is 4.88 Å². The minimum atomic E-state index is -0.426. The molecule has 0 aliphatic rings. The highest BCUT2D eigenvalue weighted by Crippen LogP contribution is 2.26. The minimum absolute atomic E-state index is 0.0747. The van der Waals surface area contributed by atoms with Crippen molar-refractivity contribution in [3.05, 3.63) is 50.6 Å². The Morgan fingerprint density at radius 2 is 1.97 bits per heavy atom. The third kappa shape index (κ3) is 7.34. The molecule has 0 aliphatic heterocycles. The molecule has 0 bridgehead atoms. The van der Waals surface area contributed by atoms with E-state index in [9.17, 15) is 14.4 Å². The Morgan fingerprint density at radius 3 is 2.59 bits per heavy atom. The van der Waals surface area contributed by atoms with Crippen molar-refractivity contribution < 1.29 is 14.4 Å². The lowest BCUT2D eigenvalue weighted by molar-refractivity contribution is -0.135. The smallest absolute Gasteiger partial charge is 0.244 e. The molecule has 0 saturated heterocycles. The van der Waals surface area contributed by atoms with Crippen LogP contribution in [0.4, 0.5) is 5.69 Å². The summed E-state index contributed by atoms with van der Waals surface area (Å²) in [5, 5.41) is 8.19. The Labute approximate surface area is 184 Å². The Morgan fingerprint density at radius 1 is 1.21 bits per heavy atom. The van der Waals surface area contributed by atoms with Gasteiger partial charge in [0.25, 0.3) is 0 Å². The molecule has 2 N–H and O–H groups in total. The summed E-state index contributed by atoms with van der Waals surface area (Å²) < 4.78 is 0. The zero-order valence-corrected chi connectivity index (χ0v) is 18.5. The predicted octanol–water partition coefficient (Wildman–Crippen LogP) is 4.50. The second-order valence-corrected chi connectivity index (χ2v) is 8.28. The van der Waals surface area contributed by atoms with Crippen LogP contribution in [0.2, 0.25) is 10.0 Å². The third-order valence-electron chi connectivity index (χ3n) is 4.03. The number of rotatable bonds is 9. The molecular formula is C20H23Cl2N3O3S. The number of carbonyl (C=O) groups is 3. The highest BCUT2D eigenvalue weighted by atomic mass is 35.5. The number of anilines is 1. The Balaban J connectivity index is 2.06. The van der Waals surface area contributed by atoms with E-state index < -0.39 is 6.04 Å². The van der Waals surface area contributed by atoms with Gasteiger partial charge in [-0.2, -0.15) is 0 Å². The molecule has 0 fully saturated rings. The highest BCUT2D eigenvalue weighted by Gasteiger charge is 2.23. The van der Waals surface area contributed by atoms with E-state index in [1.54, 1.807) is 18.2 Å². The first-order valence-electron chi connectivity index (χ1n) is 9.13. The van der Waals surface area contributed by atoms with E-state index >= 15 is 0 Å². The van der Waals surface area contributed by atoms with Crippen molar-refractivity contribution in [2.75, 3.05) is 18.4 Å². The van der Waals surface area contributed by atoms with E-state index in [0.29, 0.717) is 28.7 Å². The Bertz CT molecular complexity index is 859. The first-order chi connectivity index (χ1) is 13.8. The number of hydrogen-bond donors (Lipinski definition) is 2. The van der Waals surface area contributed by atoms with Crippen molar-refractivity contribution >= 4 is 57.9 Å². The molecule has 1 atom stereocenters. The molecule has 0 saturated carbocycles. The van der Waals surface area contributed by atoms with Crippen LogP contribution in [0.5, 0.6) is 0 Å². The van der Waals surface area contributed by atoms with Gasteiger partial charge in [0.2, 0.25) is 17.7 Å². The number of benzene rings is 1. The zero-order chi connectivity index (χ0) is 21.4. The summed E-state index contributed by atoms with van der Waals surface area (Å²) >= 11 is 13.5. The zero-order valence-electron chi connectivity index (χ0n) is 16.2. The SMILES string of the molecule is CCCN(CC(=O)Nc1cc(Cl)ccc1Cl)C(=O)CC(NC(C)=O)c1cccs1. The number of nitrogens with zero attached hydrogens (tertiary/aromatic N) is 1. The number of nitrogens with one attached hydrogen (secondary N) is 2. The average molecular weight is 456 g/mol. The Hall–Kier alpha value is -2.09. The van der Waals surface area contributed by atoms with Crippen LogP contribution in [0, 0.1) is 0 Å². The normalized spacial score (nSPS) is 11.6. The molecule has 0 spiro atoms. The van der Waals surface area contributed by atoms with E-state index in [1.165, 1.54) is 23.2 Å². The van der Waals surface area contributed by atoms with Crippen molar-refractivity contribution in [2.45, 2.75) is 32.7 Å². The highest BCUT2D eigenvalue weighted by molar-refractivity contribution is 7.10. The molecule has 0 aliphatic carbocycles. The van der Waals surface area contributed by atoms with Gasteiger partial charge in [0, 0.05) is 23.4 Å². The summed E-state index contributed by atoms with van der Waals surface area (Å²) in [5.74, 6) is -0.805. The van der Waals surface area contributed by atoms with Gasteiger partial charge in [-0.05, 0) is 36.1 Å². The van der Waals surface area contributed by atoms with Crippen LogP contribution in [0.1, 0.15) is 37.6 Å². The van der Waals surface area contributed by atoms with Gasteiger partial charge >= 0.3 is 0 Å². The molecule has 6 nitrogen and oxygen atoms in total. The summed E-state index contributed by atoms with van der Waals surface area (Å²) in [7, 11) is 0. The summed E-state index contributed by atoms with van der Waals surface area (Å²) in [6, 6.07) is 8.08. The van der Waals surface area contributed by atoms with Crippen molar-refractivity contribution in [1.82, 2.24) is 10.2 Å². The molecule has 3 amide bonds. The molecule has 156 valence electrons. The lowest BCUT2D eigenvalue weighted by Gasteiger charge is -2.24. The second-order valence-electron chi connectivity index (χ2n) is 6.46. The molecule has 1 unspecified atom stereocenters. The van der Waals surface area contributed by atoms with E-state index in [4.69, 9.17) is 23.2 Å². The predicted molar refractivity (Wildman–Crippen MR) is 117 cm³/mol. The topological polar surface area (TPSA) is 78.5 Å². The van der Waals surface area contributed by atoms with Gasteiger partial charge in [-0.3, -0.25) is 14.4 Å². The lowest BCUT2D eigenvalue weighted by atomic mass is 10.1. The lowest BCUT2D eigenvalue weighted by Crippen LogP contribution is -2.40. The maximum atomic E-state index is 12.9. The molecule has 2 rings (SSSR count). The summed E-state index contributed by atoms with van der Waals surface area (Å²) in [5.41, 5.74) is 0.391. The fraction of sp³-hybridized carbons (Fsp3) is 0.350. The first kappa shape index (κ1) is 23.2. The largest absolute Gasteiger partial charge is 0.348 e. The van der Waals surface area contributed by atoms with E-state index in [-0.39, 0.29) is 30.7 Å². The van der Waals surface area contributed by atoms with Gasteiger partial charge in [0.1, 0.15) is 0 Å². The van der Waals surface area contributed by atoms with Gasteiger partial charge in [-0.15, -0.1) is 11.3 Å². The van der Waals surface area contributed by atoms with Gasteiger partial charge in [-0.25, -0.2) is 0 Å². The molecule has 2 aromatic rings. The first-order valence-corrected chi connectivity index (χ1v) is 10.8. The average Bonchev–Trinajstić information content (AvgIpc) is 3.18. The van der Waals surface area contributed by atoms with E-state index in [1.807, 2.05) is 24.4 Å². The number of halogens is 2. The van der Waals surface area contributed by atoms with Crippen molar-refractivity contribution in [3.8, 4) is 0 Å². The summed E-state index contributed by atoms with van der Waals surface area (Å²) in [6.45, 7) is 3.65. The van der Waals surface area contributed by atoms with E-state index in [2.05, 4.69) is 10.6 Å². The van der Waals surface area contributed by atoms with Crippen LogP contribution in [0.3, 0.4) is 0 Å². The molecular weight excluding hydrogens is 433 g/mol. The van der Waals surface area contributed by atoms with Crippen LogP contribution in [-0.2, 0) is 14.4 Å². The maximum Gasteiger partial charge on any atom is 0.244 e. The van der Waals surface area contributed by atoms with Crippen molar-refractivity contribution in [3.63, 3.8) is 0 Å². The fourth-order valence-electron chi connectivity index (χ4n) is 2.78. The molecule has 1 aromatic heterocycles. The van der Waals surface area contributed by atoms with Gasteiger partial charge in [0.05, 0.1) is 29.7 Å². The van der Waals surface area contributed by atoms with Gasteiger partial charge in [0.15, 0.2) is 0 Å². The standard InChI is InChI=1S/C20H23Cl2N3O3S/c1-3-8-25(12-19(27)24-16-10-14(21)6-7-15(16)22)20(28)11-17(23-13(2)26)18-5-4-9-29-18/h4-7,9-10,17H,3,8,11-12H2,1-2H3,(H,23,26)(H,24,27). The molecule has 9 heteroatoms. The van der Waals surface area contributed by atoms with Crippen LogP contribution < -0.4 is 10.6 Å². The summed E-state index contributed by atoms with van der Waals surface area (Å²) in [4.78, 5) is 39.3. The Kier molecular flexibility index (Phi) is 8.95. The van der Waals surface area contributed by atoms with Crippen molar-refractivity contribution in [2.24, 2.45) is 0 Å². The number of amides is 3. The molecule has 29 heavy (non-hydrogen) atoms. The number of hydrogen-bond acceptors (Lipinski definition) is 4. The van der Waals surface area contributed by atoms with Crippen LogP contribution in [-0.4, -0.2) is 35.7 Å². The van der Waals surface area contributed by atoms with Crippen molar-refractivity contribution in [1.29, 1.82) is 0 Å². The van der Waals surface area contributed by atoms with Gasteiger partial charge in [-0.1, -0.05) is 36.2 Å². The monoisotopic (exact) mass is 455 g/mol. The molecule has 0 radical (unpaired) electrons. The molecule has 1 heterocycles. The number of thiophene rings is 1. The van der Waals surface area contributed by atoms with Crippen LogP contribution in [0.25, 0.3) is 0 Å². The number of carbonyl (C=O) groups excluding carboxylic acids is 3. The van der Waals surface area contributed by atoms with Crippen LogP contribution >= 0.6 is 34.5 Å². The minimum Gasteiger partial charge on any atom is -0.348 e. The maximum absolute atomic E-state index is 12.9.